The van der Waals surface area contributed by atoms with E-state index in [2.05, 4.69) is 11.7 Å². The molecule has 0 saturated carbocycles. The summed E-state index contributed by atoms with van der Waals surface area (Å²) in [5, 5.41) is 3.95. The highest BCUT2D eigenvalue weighted by Gasteiger charge is 2.35. The minimum atomic E-state index is -4.44. The van der Waals surface area contributed by atoms with Crippen molar-refractivity contribution in [3.63, 3.8) is 0 Å². The molecular weight excluding hydrogens is 342 g/mol. The minimum Gasteiger partial charge on any atom is -0.368 e. The van der Waals surface area contributed by atoms with Crippen LogP contribution in [0.4, 0.5) is 17.6 Å². The molecule has 1 aliphatic rings. The van der Waals surface area contributed by atoms with Crippen molar-refractivity contribution in [2.24, 2.45) is 7.05 Å². The van der Waals surface area contributed by atoms with Crippen molar-refractivity contribution in [1.82, 2.24) is 14.7 Å². The molecule has 0 aromatic carbocycles. The number of halogens is 4. The monoisotopic (exact) mass is 359 g/mol. The molecular formula is C16H17F4N3S. The number of aryl methyl sites for hydroxylation is 1. The lowest BCUT2D eigenvalue weighted by atomic mass is 10.1. The molecule has 3 rings (SSSR count). The lowest BCUT2D eigenvalue weighted by Crippen LogP contribution is -2.34. The van der Waals surface area contributed by atoms with Crippen molar-refractivity contribution in [3.8, 4) is 10.6 Å². The van der Waals surface area contributed by atoms with Crippen molar-refractivity contribution >= 4 is 17.0 Å². The van der Waals surface area contributed by atoms with Gasteiger partial charge in [-0.2, -0.15) is 18.3 Å². The standard InChI is InChI=1S/C16H17F4N3S/c1-10(23-7-3-4-11(17)9-23)13-5-6-14(24-13)12-8-15(16(18,19)20)22(2)21-12/h5-6,8,11H,1,3-4,7,9H2,2H3. The van der Waals surface area contributed by atoms with E-state index in [1.807, 2.05) is 4.90 Å². The first-order chi connectivity index (χ1) is 11.3. The van der Waals surface area contributed by atoms with Gasteiger partial charge in [0.05, 0.1) is 9.75 Å². The summed E-state index contributed by atoms with van der Waals surface area (Å²) in [4.78, 5) is 3.34. The average Bonchev–Trinajstić information content (AvgIpc) is 3.12. The molecule has 130 valence electrons. The van der Waals surface area contributed by atoms with Gasteiger partial charge < -0.3 is 4.90 Å². The maximum atomic E-state index is 13.5. The summed E-state index contributed by atoms with van der Waals surface area (Å²) in [5.74, 6) is 0. The Hall–Kier alpha value is -1.83. The average molecular weight is 359 g/mol. The number of hydrogen-bond donors (Lipinski definition) is 0. The van der Waals surface area contributed by atoms with E-state index in [4.69, 9.17) is 0 Å². The summed E-state index contributed by atoms with van der Waals surface area (Å²) >= 11 is 1.31. The molecule has 1 aliphatic heterocycles. The van der Waals surface area contributed by atoms with Gasteiger partial charge in [0.1, 0.15) is 17.6 Å². The van der Waals surface area contributed by atoms with Crippen molar-refractivity contribution < 1.29 is 17.6 Å². The molecule has 3 heterocycles. The summed E-state index contributed by atoms with van der Waals surface area (Å²) in [6.07, 6.45) is -3.96. The van der Waals surface area contributed by atoms with Gasteiger partial charge in [0.25, 0.3) is 0 Å². The number of thiophene rings is 1. The summed E-state index contributed by atoms with van der Waals surface area (Å²) in [6, 6.07) is 4.56. The summed E-state index contributed by atoms with van der Waals surface area (Å²) in [6.45, 7) is 5.07. The largest absolute Gasteiger partial charge is 0.433 e. The zero-order valence-electron chi connectivity index (χ0n) is 13.1. The molecule has 1 saturated heterocycles. The summed E-state index contributed by atoms with van der Waals surface area (Å²) in [7, 11) is 1.27. The molecule has 3 nitrogen and oxygen atoms in total. The van der Waals surface area contributed by atoms with Crippen LogP contribution in [0.3, 0.4) is 0 Å². The first-order valence-corrected chi connectivity index (χ1v) is 8.37. The third-order valence-corrected chi connectivity index (χ3v) is 5.22. The van der Waals surface area contributed by atoms with Gasteiger partial charge in [0.2, 0.25) is 0 Å². The van der Waals surface area contributed by atoms with Crippen LogP contribution >= 0.6 is 11.3 Å². The van der Waals surface area contributed by atoms with Crippen LogP contribution in [0.1, 0.15) is 23.4 Å². The maximum Gasteiger partial charge on any atom is 0.433 e. The number of rotatable bonds is 3. The molecule has 0 bridgehead atoms. The maximum absolute atomic E-state index is 13.5. The lowest BCUT2D eigenvalue weighted by Gasteiger charge is -2.31. The fourth-order valence-corrected chi connectivity index (χ4v) is 3.77. The van der Waals surface area contributed by atoms with Crippen LogP contribution in [-0.4, -0.2) is 33.9 Å². The van der Waals surface area contributed by atoms with Gasteiger partial charge >= 0.3 is 6.18 Å². The highest BCUT2D eigenvalue weighted by Crippen LogP contribution is 2.36. The first kappa shape index (κ1) is 17.0. The second-order valence-electron chi connectivity index (χ2n) is 5.83. The Morgan fingerprint density at radius 1 is 1.38 bits per heavy atom. The van der Waals surface area contributed by atoms with Gasteiger partial charge in [-0.3, -0.25) is 4.68 Å². The third kappa shape index (κ3) is 3.33. The highest BCUT2D eigenvalue weighted by atomic mass is 32.1. The molecule has 2 aromatic rings. The molecule has 8 heteroatoms. The second-order valence-corrected chi connectivity index (χ2v) is 6.92. The van der Waals surface area contributed by atoms with E-state index in [1.165, 1.54) is 18.4 Å². The second kappa shape index (κ2) is 6.23. The van der Waals surface area contributed by atoms with Crippen LogP contribution < -0.4 is 0 Å². The van der Waals surface area contributed by atoms with E-state index in [0.29, 0.717) is 23.5 Å². The zero-order valence-corrected chi connectivity index (χ0v) is 13.9. The summed E-state index contributed by atoms with van der Waals surface area (Å²) < 4.78 is 53.0. The summed E-state index contributed by atoms with van der Waals surface area (Å²) in [5.41, 5.74) is 0.194. The number of nitrogens with zero attached hydrogens (tertiary/aromatic N) is 3. The Morgan fingerprint density at radius 3 is 2.75 bits per heavy atom. The molecule has 1 atom stereocenters. The number of hydrogen-bond acceptors (Lipinski definition) is 3. The van der Waals surface area contributed by atoms with E-state index in [-0.39, 0.29) is 5.69 Å². The Morgan fingerprint density at radius 2 is 2.12 bits per heavy atom. The van der Waals surface area contributed by atoms with E-state index in [9.17, 15) is 17.6 Å². The van der Waals surface area contributed by atoms with Gasteiger partial charge in [0, 0.05) is 25.8 Å². The Bertz CT molecular complexity index is 747. The lowest BCUT2D eigenvalue weighted by molar-refractivity contribution is -0.143. The van der Waals surface area contributed by atoms with Gasteiger partial charge in [-0.05, 0) is 31.0 Å². The Kier molecular flexibility index (Phi) is 4.42. The predicted molar refractivity (Wildman–Crippen MR) is 86.3 cm³/mol. The molecule has 0 aliphatic carbocycles. The first-order valence-electron chi connectivity index (χ1n) is 7.55. The number of piperidine rings is 1. The Balaban J connectivity index is 1.82. The van der Waals surface area contributed by atoms with Crippen LogP contribution in [0.15, 0.2) is 24.8 Å². The van der Waals surface area contributed by atoms with E-state index in [1.54, 1.807) is 12.1 Å². The normalized spacial score (nSPS) is 18.9. The molecule has 1 fully saturated rings. The zero-order chi connectivity index (χ0) is 17.5. The van der Waals surface area contributed by atoms with Crippen molar-refractivity contribution in [3.05, 3.63) is 35.3 Å². The van der Waals surface area contributed by atoms with E-state index >= 15 is 0 Å². The quantitative estimate of drug-likeness (QED) is 0.749. The van der Waals surface area contributed by atoms with Gasteiger partial charge in [-0.15, -0.1) is 11.3 Å². The minimum absolute atomic E-state index is 0.274. The van der Waals surface area contributed by atoms with Gasteiger partial charge in [0.15, 0.2) is 0 Å². The molecule has 2 aromatic heterocycles. The molecule has 0 radical (unpaired) electrons. The van der Waals surface area contributed by atoms with Crippen LogP contribution in [-0.2, 0) is 13.2 Å². The smallest absolute Gasteiger partial charge is 0.368 e. The molecule has 0 N–H and O–H groups in total. The van der Waals surface area contributed by atoms with Crippen LogP contribution in [0.5, 0.6) is 0 Å². The van der Waals surface area contributed by atoms with Crippen molar-refractivity contribution in [2.75, 3.05) is 13.1 Å². The van der Waals surface area contributed by atoms with Crippen LogP contribution in [0.25, 0.3) is 16.3 Å². The topological polar surface area (TPSA) is 21.1 Å². The van der Waals surface area contributed by atoms with Gasteiger partial charge in [-0.1, -0.05) is 6.58 Å². The van der Waals surface area contributed by atoms with E-state index < -0.39 is 18.0 Å². The fraction of sp³-hybridized carbons (Fsp3) is 0.438. The van der Waals surface area contributed by atoms with Crippen molar-refractivity contribution in [1.29, 1.82) is 0 Å². The number of alkyl halides is 4. The SMILES string of the molecule is C=C(c1ccc(-c2cc(C(F)(F)F)n(C)n2)s1)N1CCCC(F)C1. The Labute approximate surface area is 141 Å². The molecule has 24 heavy (non-hydrogen) atoms. The highest BCUT2D eigenvalue weighted by molar-refractivity contribution is 7.16. The third-order valence-electron chi connectivity index (χ3n) is 4.06. The number of aromatic nitrogens is 2. The molecule has 0 amide bonds. The molecule has 1 unspecified atom stereocenters. The fourth-order valence-electron chi connectivity index (χ4n) is 2.81. The van der Waals surface area contributed by atoms with Crippen LogP contribution in [0.2, 0.25) is 0 Å². The van der Waals surface area contributed by atoms with E-state index in [0.717, 1.165) is 28.6 Å². The molecule has 0 spiro atoms. The van der Waals surface area contributed by atoms with Crippen molar-refractivity contribution in [2.45, 2.75) is 25.2 Å². The predicted octanol–water partition coefficient (Wildman–Crippen LogP) is 4.57. The van der Waals surface area contributed by atoms with Gasteiger partial charge in [-0.25, -0.2) is 4.39 Å². The number of likely N-dealkylation sites (tertiary alicyclic amines) is 1. The van der Waals surface area contributed by atoms with Crippen LogP contribution in [0, 0.1) is 0 Å².